The van der Waals surface area contributed by atoms with Crippen molar-refractivity contribution in [3.8, 4) is 0 Å². The van der Waals surface area contributed by atoms with Gasteiger partial charge in [0, 0.05) is 15.7 Å². The van der Waals surface area contributed by atoms with E-state index in [9.17, 15) is 5.11 Å². The van der Waals surface area contributed by atoms with Gasteiger partial charge in [0.2, 0.25) is 0 Å². The highest BCUT2D eigenvalue weighted by Crippen LogP contribution is 2.65. The maximum atomic E-state index is 11.6. The molecule has 5 rings (SSSR count). The van der Waals surface area contributed by atoms with Crippen molar-refractivity contribution in [1.29, 1.82) is 0 Å². The maximum absolute atomic E-state index is 11.6. The quantitative estimate of drug-likeness (QED) is 0.844. The molecule has 22 heavy (non-hydrogen) atoms. The van der Waals surface area contributed by atoms with Crippen LogP contribution < -0.4 is 0 Å². The highest BCUT2D eigenvalue weighted by Gasteiger charge is 2.58. The molecule has 1 nitrogen and oxygen atoms in total. The summed E-state index contributed by atoms with van der Waals surface area (Å²) in [7, 11) is 1.27. The second kappa shape index (κ2) is 5.21. The fourth-order valence-corrected chi connectivity index (χ4v) is 6.88. The molecular weight excluding hydrogens is 284 g/mol. The lowest BCUT2D eigenvalue weighted by molar-refractivity contribution is -0.176. The molecule has 4 fully saturated rings. The first-order valence-electron chi connectivity index (χ1n) is 9.34. The van der Waals surface area contributed by atoms with Crippen molar-refractivity contribution in [3.05, 3.63) is 35.4 Å². The monoisotopic (exact) mass is 314 g/mol. The molecule has 0 aromatic heterocycles. The second-order valence-corrected chi connectivity index (χ2v) is 9.72. The predicted molar refractivity (Wildman–Crippen MR) is 95.1 cm³/mol. The Balaban J connectivity index is 1.65. The number of hydrogen-bond donors (Lipinski definition) is 1. The molecule has 1 atom stereocenters. The highest BCUT2D eigenvalue weighted by molar-refractivity contribution is 6.08. The van der Waals surface area contributed by atoms with Gasteiger partial charge in [-0.05, 0) is 80.8 Å². The smallest absolute Gasteiger partial charge is 0.0924 e. The number of aryl methyl sites for hydroxylation is 1. The standard InChI is InChI=1S/C20H30OSi/c1-19(21,18-4-2-14(3-5-18)6-7-22)20-11-15-8-16(12-20)10-17(9-15)13-20/h2-5,15-17,21H,6-13H2,1,22H3. The highest BCUT2D eigenvalue weighted by atomic mass is 28.1. The van der Waals surface area contributed by atoms with E-state index in [1.165, 1.54) is 66.8 Å². The summed E-state index contributed by atoms with van der Waals surface area (Å²) in [5.41, 5.74) is 2.09. The first-order chi connectivity index (χ1) is 10.5. The van der Waals surface area contributed by atoms with Crippen molar-refractivity contribution in [2.24, 2.45) is 23.2 Å². The van der Waals surface area contributed by atoms with Crippen LogP contribution in [0.15, 0.2) is 24.3 Å². The minimum atomic E-state index is -0.650. The lowest BCUT2D eigenvalue weighted by Gasteiger charge is -2.61. The van der Waals surface area contributed by atoms with E-state index in [1.807, 2.05) is 0 Å². The van der Waals surface area contributed by atoms with Gasteiger partial charge in [0.05, 0.1) is 5.60 Å². The van der Waals surface area contributed by atoms with Gasteiger partial charge in [0.25, 0.3) is 0 Å². The maximum Gasteiger partial charge on any atom is 0.0924 e. The third-order valence-corrected chi connectivity index (χ3v) is 7.63. The Bertz CT molecular complexity index is 510. The first kappa shape index (κ1) is 15.0. The van der Waals surface area contributed by atoms with Gasteiger partial charge < -0.3 is 5.11 Å². The Labute approximate surface area is 137 Å². The summed E-state index contributed by atoms with van der Waals surface area (Å²) < 4.78 is 0. The average Bonchev–Trinajstić information content (AvgIpc) is 2.46. The summed E-state index contributed by atoms with van der Waals surface area (Å²) in [5, 5.41) is 11.6. The van der Waals surface area contributed by atoms with Crippen LogP contribution in [0, 0.1) is 23.2 Å². The summed E-state index contributed by atoms with van der Waals surface area (Å²) in [4.78, 5) is 0. The molecule has 4 aliphatic carbocycles. The average molecular weight is 315 g/mol. The molecular formula is C20H30OSi. The zero-order valence-corrected chi connectivity index (χ0v) is 16.1. The van der Waals surface area contributed by atoms with Gasteiger partial charge in [-0.25, -0.2) is 0 Å². The van der Waals surface area contributed by atoms with Crippen LogP contribution in [-0.4, -0.2) is 15.3 Å². The van der Waals surface area contributed by atoms with Crippen LogP contribution in [-0.2, 0) is 12.0 Å². The molecule has 0 amide bonds. The van der Waals surface area contributed by atoms with Crippen LogP contribution in [0.5, 0.6) is 0 Å². The van der Waals surface area contributed by atoms with Crippen LogP contribution in [0.4, 0.5) is 0 Å². The minimum Gasteiger partial charge on any atom is -0.385 e. The van der Waals surface area contributed by atoms with Gasteiger partial charge in [0.1, 0.15) is 0 Å². The molecule has 4 saturated carbocycles. The molecule has 1 unspecified atom stereocenters. The SMILES string of the molecule is CC(O)(c1ccc(CC[SiH3])cc1)C12CC3CC(CC(C3)C1)C2. The van der Waals surface area contributed by atoms with E-state index in [-0.39, 0.29) is 5.41 Å². The van der Waals surface area contributed by atoms with E-state index >= 15 is 0 Å². The van der Waals surface area contributed by atoms with Crippen molar-refractivity contribution in [2.75, 3.05) is 0 Å². The van der Waals surface area contributed by atoms with Crippen LogP contribution in [0.1, 0.15) is 56.6 Å². The molecule has 1 N–H and O–H groups in total. The molecule has 0 aliphatic heterocycles. The van der Waals surface area contributed by atoms with Crippen LogP contribution in [0.2, 0.25) is 6.04 Å². The Kier molecular flexibility index (Phi) is 3.54. The fourth-order valence-electron chi connectivity index (χ4n) is 6.30. The van der Waals surface area contributed by atoms with Gasteiger partial charge in [-0.2, -0.15) is 0 Å². The fraction of sp³-hybridized carbons (Fsp3) is 0.700. The molecule has 0 saturated heterocycles. The van der Waals surface area contributed by atoms with Gasteiger partial charge >= 0.3 is 0 Å². The van der Waals surface area contributed by atoms with Crippen LogP contribution >= 0.6 is 0 Å². The van der Waals surface area contributed by atoms with Gasteiger partial charge in [0.15, 0.2) is 0 Å². The van der Waals surface area contributed by atoms with E-state index in [0.29, 0.717) is 0 Å². The van der Waals surface area contributed by atoms with Crippen molar-refractivity contribution in [2.45, 2.75) is 63.5 Å². The molecule has 4 bridgehead atoms. The summed E-state index contributed by atoms with van der Waals surface area (Å²) in [5.74, 6) is 2.67. The molecule has 1 aromatic rings. The largest absolute Gasteiger partial charge is 0.385 e. The topological polar surface area (TPSA) is 20.2 Å². The Morgan fingerprint density at radius 1 is 1.05 bits per heavy atom. The molecule has 0 radical (unpaired) electrons. The predicted octanol–water partition coefficient (Wildman–Crippen LogP) is 3.44. The van der Waals surface area contributed by atoms with Crippen molar-refractivity contribution < 1.29 is 5.11 Å². The number of aliphatic hydroxyl groups is 1. The summed E-state index contributed by atoms with van der Waals surface area (Å²) in [6.45, 7) is 2.11. The zero-order chi connectivity index (χ0) is 15.4. The number of rotatable bonds is 4. The second-order valence-electron chi connectivity index (χ2n) is 8.72. The zero-order valence-electron chi connectivity index (χ0n) is 14.1. The van der Waals surface area contributed by atoms with Crippen molar-refractivity contribution in [3.63, 3.8) is 0 Å². The van der Waals surface area contributed by atoms with E-state index in [2.05, 4.69) is 31.2 Å². The van der Waals surface area contributed by atoms with E-state index in [0.717, 1.165) is 23.3 Å². The molecule has 1 aromatic carbocycles. The van der Waals surface area contributed by atoms with E-state index < -0.39 is 5.60 Å². The van der Waals surface area contributed by atoms with Crippen molar-refractivity contribution >= 4 is 10.2 Å². The lowest BCUT2D eigenvalue weighted by Crippen LogP contribution is -2.55. The third-order valence-electron chi connectivity index (χ3n) is 7.13. The molecule has 4 aliphatic rings. The molecule has 0 spiro atoms. The van der Waals surface area contributed by atoms with Gasteiger partial charge in [-0.3, -0.25) is 0 Å². The van der Waals surface area contributed by atoms with Gasteiger partial charge in [-0.15, -0.1) is 0 Å². The number of hydrogen-bond acceptors (Lipinski definition) is 1. The normalized spacial score (nSPS) is 39.1. The van der Waals surface area contributed by atoms with Crippen LogP contribution in [0.25, 0.3) is 0 Å². The first-order valence-corrected chi connectivity index (χ1v) is 10.8. The van der Waals surface area contributed by atoms with Crippen LogP contribution in [0.3, 0.4) is 0 Å². The Morgan fingerprint density at radius 3 is 2.00 bits per heavy atom. The molecule has 2 heteroatoms. The minimum absolute atomic E-state index is 0.154. The van der Waals surface area contributed by atoms with E-state index in [4.69, 9.17) is 0 Å². The summed E-state index contributed by atoms with van der Waals surface area (Å²) in [6, 6.07) is 10.3. The summed E-state index contributed by atoms with van der Waals surface area (Å²) in [6.07, 6.45) is 9.29. The summed E-state index contributed by atoms with van der Waals surface area (Å²) >= 11 is 0. The van der Waals surface area contributed by atoms with E-state index in [1.54, 1.807) is 0 Å². The molecule has 0 heterocycles. The van der Waals surface area contributed by atoms with Crippen molar-refractivity contribution in [1.82, 2.24) is 0 Å². The third kappa shape index (κ3) is 2.22. The Morgan fingerprint density at radius 2 is 1.55 bits per heavy atom. The molecule has 120 valence electrons. The van der Waals surface area contributed by atoms with Gasteiger partial charge in [-0.1, -0.05) is 30.3 Å². The number of benzene rings is 1. The lowest BCUT2D eigenvalue weighted by atomic mass is 9.45. The Hall–Kier alpha value is -0.603.